The second-order valence-electron chi connectivity index (χ2n) is 6.19. The molecule has 1 atom stereocenters. The monoisotopic (exact) mass is 286 g/mol. The molecule has 0 aliphatic carbocycles. The molecule has 2 rings (SSSR count). The van der Waals surface area contributed by atoms with Gasteiger partial charge in [0.2, 0.25) is 5.95 Å². The summed E-state index contributed by atoms with van der Waals surface area (Å²) in [5.41, 5.74) is 1.07. The summed E-state index contributed by atoms with van der Waals surface area (Å²) in [7, 11) is 4.24. The third-order valence-corrected chi connectivity index (χ3v) is 3.41. The fourth-order valence-corrected chi connectivity index (χ4v) is 2.60. The highest BCUT2D eigenvalue weighted by atomic mass is 15.2. The minimum absolute atomic E-state index is 0.425. The molecular weight excluding hydrogens is 260 g/mol. The lowest BCUT2D eigenvalue weighted by Crippen LogP contribution is -2.26. The average Bonchev–Trinajstić information content (AvgIpc) is 2.86. The molecule has 0 bridgehead atoms. The summed E-state index contributed by atoms with van der Waals surface area (Å²) in [5.74, 6) is 1.57. The highest BCUT2D eigenvalue weighted by Gasteiger charge is 2.17. The number of hydrogen-bond donors (Lipinski definition) is 1. The maximum atomic E-state index is 4.48. The van der Waals surface area contributed by atoms with Crippen molar-refractivity contribution in [3.8, 4) is 0 Å². The minimum atomic E-state index is 0.425. The van der Waals surface area contributed by atoms with Gasteiger partial charge in [-0.05, 0) is 38.6 Å². The Bertz CT molecular complexity index is 521. The van der Waals surface area contributed by atoms with E-state index in [0.29, 0.717) is 12.0 Å². The Morgan fingerprint density at radius 3 is 2.52 bits per heavy atom. The van der Waals surface area contributed by atoms with Gasteiger partial charge in [0.15, 0.2) is 0 Å². The molecule has 0 aliphatic heterocycles. The van der Waals surface area contributed by atoms with Gasteiger partial charge in [0.1, 0.15) is 0 Å². The normalized spacial score (nSPS) is 12.9. The van der Waals surface area contributed by atoms with Gasteiger partial charge in [0.05, 0.1) is 0 Å². The van der Waals surface area contributed by atoms with Crippen molar-refractivity contribution in [1.29, 1.82) is 0 Å². The average molecular weight is 286 g/mol. The molecule has 1 aromatic heterocycles. The number of likely N-dealkylation sites (N-methyl/N-ethyl adjacent to an activating group) is 1. The van der Waals surface area contributed by atoms with Gasteiger partial charge < -0.3 is 14.8 Å². The summed E-state index contributed by atoms with van der Waals surface area (Å²) < 4.78 is 2.26. The van der Waals surface area contributed by atoms with Gasteiger partial charge in [-0.15, -0.1) is 0 Å². The molecule has 0 spiro atoms. The number of benzene rings is 1. The molecule has 1 N–H and O–H groups in total. The van der Waals surface area contributed by atoms with E-state index in [1.54, 1.807) is 0 Å². The third-order valence-electron chi connectivity index (χ3n) is 3.41. The Labute approximate surface area is 127 Å². The third kappa shape index (κ3) is 4.60. The number of hydrogen-bond acceptors (Lipinski definition) is 3. The van der Waals surface area contributed by atoms with Crippen molar-refractivity contribution < 1.29 is 0 Å². The van der Waals surface area contributed by atoms with Crippen LogP contribution in [0.3, 0.4) is 0 Å². The SMILES string of the molecule is CC(C)CC(CN(C)C)n1ccnc1Nc1ccccc1. The quantitative estimate of drug-likeness (QED) is 0.841. The number of aromatic nitrogens is 2. The van der Waals surface area contributed by atoms with E-state index in [9.17, 15) is 0 Å². The van der Waals surface area contributed by atoms with Gasteiger partial charge in [0, 0.05) is 30.7 Å². The molecule has 4 nitrogen and oxygen atoms in total. The predicted octanol–water partition coefficient (Wildman–Crippen LogP) is 3.78. The largest absolute Gasteiger partial charge is 0.326 e. The Balaban J connectivity index is 2.19. The number of nitrogens with one attached hydrogen (secondary N) is 1. The molecule has 0 saturated carbocycles. The van der Waals surface area contributed by atoms with Crippen LogP contribution in [-0.2, 0) is 0 Å². The Morgan fingerprint density at radius 2 is 1.90 bits per heavy atom. The highest BCUT2D eigenvalue weighted by molar-refractivity contribution is 5.53. The van der Waals surface area contributed by atoms with Crippen LogP contribution in [0.5, 0.6) is 0 Å². The van der Waals surface area contributed by atoms with Crippen LogP contribution >= 0.6 is 0 Å². The first-order valence-electron chi connectivity index (χ1n) is 7.56. The maximum Gasteiger partial charge on any atom is 0.207 e. The number of rotatable bonds is 7. The number of imidazole rings is 1. The van der Waals surface area contributed by atoms with Crippen molar-refractivity contribution in [3.05, 3.63) is 42.7 Å². The van der Waals surface area contributed by atoms with Crippen LogP contribution in [0.2, 0.25) is 0 Å². The molecule has 1 unspecified atom stereocenters. The number of nitrogens with zero attached hydrogens (tertiary/aromatic N) is 3. The first-order chi connectivity index (χ1) is 10.1. The van der Waals surface area contributed by atoms with Crippen LogP contribution in [0, 0.1) is 5.92 Å². The Morgan fingerprint density at radius 1 is 1.19 bits per heavy atom. The maximum absolute atomic E-state index is 4.48. The molecule has 0 amide bonds. The molecule has 114 valence electrons. The van der Waals surface area contributed by atoms with Crippen LogP contribution in [0.1, 0.15) is 26.3 Å². The molecule has 1 heterocycles. The molecule has 4 heteroatoms. The van der Waals surface area contributed by atoms with Crippen LogP contribution in [-0.4, -0.2) is 35.1 Å². The van der Waals surface area contributed by atoms with Crippen LogP contribution in [0.4, 0.5) is 11.6 Å². The van der Waals surface area contributed by atoms with Crippen molar-refractivity contribution >= 4 is 11.6 Å². The van der Waals surface area contributed by atoms with Crippen molar-refractivity contribution in [2.24, 2.45) is 5.92 Å². The smallest absolute Gasteiger partial charge is 0.207 e. The molecule has 0 saturated heterocycles. The Kier molecular flexibility index (Phi) is 5.39. The fraction of sp³-hybridized carbons (Fsp3) is 0.471. The predicted molar refractivity (Wildman–Crippen MR) is 89.0 cm³/mol. The van der Waals surface area contributed by atoms with E-state index in [0.717, 1.165) is 24.6 Å². The van der Waals surface area contributed by atoms with E-state index in [1.165, 1.54) is 0 Å². The molecule has 21 heavy (non-hydrogen) atoms. The first kappa shape index (κ1) is 15.6. The lowest BCUT2D eigenvalue weighted by molar-refractivity contribution is 0.290. The van der Waals surface area contributed by atoms with E-state index >= 15 is 0 Å². The van der Waals surface area contributed by atoms with Crippen molar-refractivity contribution in [3.63, 3.8) is 0 Å². The van der Waals surface area contributed by atoms with Crippen LogP contribution in [0.25, 0.3) is 0 Å². The van der Waals surface area contributed by atoms with Crippen molar-refractivity contribution in [2.75, 3.05) is 26.0 Å². The lowest BCUT2D eigenvalue weighted by atomic mass is 10.0. The van der Waals surface area contributed by atoms with Gasteiger partial charge >= 0.3 is 0 Å². The van der Waals surface area contributed by atoms with Gasteiger partial charge in [-0.25, -0.2) is 4.98 Å². The zero-order valence-electron chi connectivity index (χ0n) is 13.5. The fourth-order valence-electron chi connectivity index (χ4n) is 2.60. The summed E-state index contributed by atoms with van der Waals surface area (Å²) in [6.45, 7) is 5.55. The first-order valence-corrected chi connectivity index (χ1v) is 7.56. The summed E-state index contributed by atoms with van der Waals surface area (Å²) in [4.78, 5) is 6.72. The summed E-state index contributed by atoms with van der Waals surface area (Å²) in [5, 5.41) is 3.41. The lowest BCUT2D eigenvalue weighted by Gasteiger charge is -2.25. The number of anilines is 2. The molecule has 0 radical (unpaired) electrons. The van der Waals surface area contributed by atoms with E-state index in [2.05, 4.69) is 66.0 Å². The van der Waals surface area contributed by atoms with E-state index in [1.807, 2.05) is 24.4 Å². The molecular formula is C17H26N4. The van der Waals surface area contributed by atoms with E-state index in [4.69, 9.17) is 0 Å². The Hall–Kier alpha value is -1.81. The minimum Gasteiger partial charge on any atom is -0.326 e. The molecule has 1 aromatic carbocycles. The molecule has 2 aromatic rings. The van der Waals surface area contributed by atoms with Crippen LogP contribution in [0.15, 0.2) is 42.7 Å². The topological polar surface area (TPSA) is 33.1 Å². The zero-order chi connectivity index (χ0) is 15.2. The number of para-hydroxylation sites is 1. The summed E-state index contributed by atoms with van der Waals surface area (Å²) in [6, 6.07) is 10.6. The highest BCUT2D eigenvalue weighted by Crippen LogP contribution is 2.24. The summed E-state index contributed by atoms with van der Waals surface area (Å²) >= 11 is 0. The van der Waals surface area contributed by atoms with Crippen molar-refractivity contribution in [2.45, 2.75) is 26.3 Å². The van der Waals surface area contributed by atoms with Gasteiger partial charge in [-0.3, -0.25) is 0 Å². The summed E-state index contributed by atoms with van der Waals surface area (Å²) in [6.07, 6.45) is 5.08. The molecule has 0 fully saturated rings. The van der Waals surface area contributed by atoms with E-state index < -0.39 is 0 Å². The van der Waals surface area contributed by atoms with Crippen molar-refractivity contribution in [1.82, 2.24) is 14.5 Å². The molecule has 0 aliphatic rings. The van der Waals surface area contributed by atoms with Gasteiger partial charge in [-0.1, -0.05) is 32.0 Å². The van der Waals surface area contributed by atoms with Gasteiger partial charge in [0.25, 0.3) is 0 Å². The van der Waals surface area contributed by atoms with E-state index in [-0.39, 0.29) is 0 Å². The van der Waals surface area contributed by atoms with Gasteiger partial charge in [-0.2, -0.15) is 0 Å². The second-order valence-corrected chi connectivity index (χ2v) is 6.19. The standard InChI is InChI=1S/C17H26N4/c1-14(2)12-16(13-20(3)4)21-11-10-18-17(21)19-15-8-6-5-7-9-15/h5-11,14,16H,12-13H2,1-4H3,(H,18,19). The second kappa shape index (κ2) is 7.27. The van der Waals surface area contributed by atoms with Crippen LogP contribution < -0.4 is 5.32 Å². The zero-order valence-corrected chi connectivity index (χ0v) is 13.5.